The monoisotopic (exact) mass is 445 g/mol. The summed E-state index contributed by atoms with van der Waals surface area (Å²) in [6, 6.07) is 7.47. The summed E-state index contributed by atoms with van der Waals surface area (Å²) in [5.74, 6) is -0.759. The molecule has 0 bridgehead atoms. The summed E-state index contributed by atoms with van der Waals surface area (Å²) in [5, 5.41) is 9.48. The van der Waals surface area contributed by atoms with Crippen molar-refractivity contribution in [2.45, 2.75) is 42.0 Å². The molecule has 28 heavy (non-hydrogen) atoms. The van der Waals surface area contributed by atoms with Crippen LogP contribution in [0.15, 0.2) is 50.9 Å². The molecule has 8 nitrogen and oxygen atoms in total. The van der Waals surface area contributed by atoms with Crippen molar-refractivity contribution in [3.8, 4) is 0 Å². The second-order valence-electron chi connectivity index (χ2n) is 6.62. The van der Waals surface area contributed by atoms with Gasteiger partial charge in [-0.05, 0) is 42.0 Å². The second-order valence-corrected chi connectivity index (χ2v) is 11.1. The van der Waals surface area contributed by atoms with Crippen LogP contribution in [0.2, 0.25) is 0 Å². The van der Waals surface area contributed by atoms with Crippen LogP contribution in [0.5, 0.6) is 0 Å². The van der Waals surface area contributed by atoms with Gasteiger partial charge in [0.25, 0.3) is 10.0 Å². The Morgan fingerprint density at radius 3 is 2.11 bits per heavy atom. The highest BCUT2D eigenvalue weighted by molar-refractivity contribution is 7.91. The van der Waals surface area contributed by atoms with Crippen LogP contribution in [0.3, 0.4) is 0 Å². The second kappa shape index (κ2) is 8.70. The van der Waals surface area contributed by atoms with Gasteiger partial charge in [0.05, 0.1) is 10.9 Å². The number of hydrogen-bond acceptors (Lipinski definition) is 6. The summed E-state index contributed by atoms with van der Waals surface area (Å²) in [5.41, 5.74) is 0.657. The minimum absolute atomic E-state index is 0.0291. The van der Waals surface area contributed by atoms with Crippen LogP contribution in [-0.2, 0) is 24.8 Å². The zero-order chi connectivity index (χ0) is 21.1. The van der Waals surface area contributed by atoms with Gasteiger partial charge in [-0.1, -0.05) is 32.0 Å². The first-order chi connectivity index (χ1) is 12.9. The molecule has 0 fully saturated rings. The molecule has 0 radical (unpaired) electrons. The number of benzene rings is 1. The van der Waals surface area contributed by atoms with Gasteiger partial charge >= 0.3 is 0 Å². The van der Waals surface area contributed by atoms with E-state index in [1.54, 1.807) is 44.4 Å². The van der Waals surface area contributed by atoms with Gasteiger partial charge in [0.15, 0.2) is 0 Å². The molecule has 0 aliphatic heterocycles. The van der Waals surface area contributed by atoms with E-state index in [4.69, 9.17) is 5.14 Å². The van der Waals surface area contributed by atoms with Gasteiger partial charge in [0.1, 0.15) is 10.3 Å². The highest BCUT2D eigenvalue weighted by Crippen LogP contribution is 2.19. The lowest BCUT2D eigenvalue weighted by molar-refractivity contribution is -0.124. The van der Waals surface area contributed by atoms with Crippen molar-refractivity contribution in [3.05, 3.63) is 47.3 Å². The summed E-state index contributed by atoms with van der Waals surface area (Å²) in [4.78, 5) is 12.7. The zero-order valence-electron chi connectivity index (χ0n) is 15.6. The van der Waals surface area contributed by atoms with E-state index in [1.165, 1.54) is 18.2 Å². The molecule has 2 atom stereocenters. The third kappa shape index (κ3) is 5.61. The first kappa shape index (κ1) is 22.5. The van der Waals surface area contributed by atoms with Gasteiger partial charge in [-0.25, -0.2) is 22.0 Å². The predicted molar refractivity (Wildman–Crippen MR) is 108 cm³/mol. The number of nitrogens with one attached hydrogen (secondary N) is 2. The molecular formula is C17H23N3O5S3. The summed E-state index contributed by atoms with van der Waals surface area (Å²) in [6.07, 6.45) is 0. The summed E-state index contributed by atoms with van der Waals surface area (Å²) in [6.45, 7) is 5.20. The maximum Gasteiger partial charge on any atom is 0.250 e. The summed E-state index contributed by atoms with van der Waals surface area (Å²) in [7, 11) is -7.60. The molecule has 2 rings (SSSR count). The van der Waals surface area contributed by atoms with Crippen molar-refractivity contribution in [3.63, 3.8) is 0 Å². The SMILES string of the molecule is CC(C)[C@@H](NS(=O)(=O)c1cccs1)C(=O)N[C@H](C)c1ccc(S(N)(=O)=O)cc1. The lowest BCUT2D eigenvalue weighted by Gasteiger charge is -2.24. The average Bonchev–Trinajstić information content (AvgIpc) is 3.14. The smallest absolute Gasteiger partial charge is 0.250 e. The Balaban J connectivity index is 2.13. The summed E-state index contributed by atoms with van der Waals surface area (Å²) < 4.78 is 50.2. The van der Waals surface area contributed by atoms with Gasteiger partial charge in [-0.15, -0.1) is 11.3 Å². The van der Waals surface area contributed by atoms with Crippen molar-refractivity contribution in [1.29, 1.82) is 0 Å². The molecule has 1 aromatic carbocycles. The maximum absolute atomic E-state index is 12.7. The van der Waals surface area contributed by atoms with Gasteiger partial charge in [0, 0.05) is 0 Å². The molecule has 0 spiro atoms. The van der Waals surface area contributed by atoms with Crippen molar-refractivity contribution in [2.75, 3.05) is 0 Å². The molecule has 11 heteroatoms. The number of hydrogen-bond donors (Lipinski definition) is 3. The standard InChI is InChI=1S/C17H23N3O5S3/c1-11(2)16(20-28(24,25)15-5-4-10-26-15)17(21)19-12(3)13-6-8-14(9-7-13)27(18,22)23/h4-12,16,20H,1-3H3,(H,19,21)(H2,18,22,23)/t12-,16-/m1/s1. The number of carbonyl (C=O) groups is 1. The quantitative estimate of drug-likeness (QED) is 0.567. The normalized spacial score (nSPS) is 14.6. The largest absolute Gasteiger partial charge is 0.348 e. The van der Waals surface area contributed by atoms with Crippen LogP contribution in [0.1, 0.15) is 32.4 Å². The fourth-order valence-electron chi connectivity index (χ4n) is 2.47. The van der Waals surface area contributed by atoms with Gasteiger partial charge < -0.3 is 5.32 Å². The number of sulfonamides is 2. The Labute approximate surface area is 169 Å². The molecule has 0 unspecified atom stereocenters. The molecule has 4 N–H and O–H groups in total. The highest BCUT2D eigenvalue weighted by Gasteiger charge is 2.29. The van der Waals surface area contributed by atoms with Crippen LogP contribution in [0.4, 0.5) is 0 Å². The third-order valence-corrected chi connectivity index (χ3v) is 7.83. The Kier molecular flexibility index (Phi) is 6.99. The Bertz CT molecular complexity index is 1010. The fraction of sp³-hybridized carbons (Fsp3) is 0.353. The third-order valence-electron chi connectivity index (χ3n) is 4.06. The summed E-state index contributed by atoms with van der Waals surface area (Å²) >= 11 is 1.07. The van der Waals surface area contributed by atoms with Crippen LogP contribution < -0.4 is 15.2 Å². The molecule has 2 aromatic rings. The number of carbonyl (C=O) groups excluding carboxylic acids is 1. The highest BCUT2D eigenvalue weighted by atomic mass is 32.2. The number of primary sulfonamides is 1. The lowest BCUT2D eigenvalue weighted by atomic mass is 10.0. The van der Waals surface area contributed by atoms with Crippen molar-refractivity contribution >= 4 is 37.3 Å². The van der Waals surface area contributed by atoms with Gasteiger partial charge in [0.2, 0.25) is 15.9 Å². The van der Waals surface area contributed by atoms with E-state index in [2.05, 4.69) is 10.0 Å². The van der Waals surface area contributed by atoms with E-state index >= 15 is 0 Å². The zero-order valence-corrected chi connectivity index (χ0v) is 18.1. The first-order valence-corrected chi connectivity index (χ1v) is 12.3. The molecule has 154 valence electrons. The van der Waals surface area contributed by atoms with E-state index in [-0.39, 0.29) is 15.0 Å². The average molecular weight is 446 g/mol. The van der Waals surface area contributed by atoms with Gasteiger partial charge in [-0.3, -0.25) is 4.79 Å². The molecule has 0 aliphatic rings. The minimum atomic E-state index is -3.80. The van der Waals surface area contributed by atoms with Gasteiger partial charge in [-0.2, -0.15) is 4.72 Å². The van der Waals surface area contributed by atoms with Crippen molar-refractivity contribution in [2.24, 2.45) is 11.1 Å². The van der Waals surface area contributed by atoms with E-state index in [9.17, 15) is 21.6 Å². The Morgan fingerprint density at radius 2 is 1.64 bits per heavy atom. The topological polar surface area (TPSA) is 135 Å². The van der Waals surface area contributed by atoms with E-state index in [0.717, 1.165) is 11.3 Å². The van der Waals surface area contributed by atoms with E-state index < -0.39 is 38.0 Å². The van der Waals surface area contributed by atoms with Crippen molar-refractivity contribution < 1.29 is 21.6 Å². The molecule has 1 heterocycles. The minimum Gasteiger partial charge on any atom is -0.348 e. The van der Waals surface area contributed by atoms with E-state index in [0.29, 0.717) is 5.56 Å². The number of amides is 1. The number of thiophene rings is 1. The van der Waals surface area contributed by atoms with E-state index in [1.807, 2.05) is 0 Å². The molecule has 0 saturated heterocycles. The van der Waals surface area contributed by atoms with Crippen LogP contribution in [0.25, 0.3) is 0 Å². The lowest BCUT2D eigenvalue weighted by Crippen LogP contribution is -2.49. The number of nitrogens with two attached hydrogens (primary N) is 1. The molecule has 0 aliphatic carbocycles. The Hall–Kier alpha value is -1.79. The number of rotatable bonds is 8. The Morgan fingerprint density at radius 1 is 1.04 bits per heavy atom. The van der Waals surface area contributed by atoms with Crippen LogP contribution in [-0.4, -0.2) is 28.8 Å². The predicted octanol–water partition coefficient (Wildman–Crippen LogP) is 1.58. The fourth-order valence-corrected chi connectivity index (χ4v) is 5.34. The van der Waals surface area contributed by atoms with Crippen LogP contribution in [0, 0.1) is 5.92 Å². The molecule has 1 aromatic heterocycles. The molecular weight excluding hydrogens is 422 g/mol. The maximum atomic E-state index is 12.7. The van der Waals surface area contributed by atoms with Crippen molar-refractivity contribution in [1.82, 2.24) is 10.0 Å². The molecule has 1 amide bonds. The first-order valence-electron chi connectivity index (χ1n) is 8.41. The molecule has 0 saturated carbocycles. The van der Waals surface area contributed by atoms with Crippen LogP contribution >= 0.6 is 11.3 Å².